The SMILES string of the molecule is CCCCCC/C=C/C(O)C(CO)NC(=O)CCCCCCC. The van der Waals surface area contributed by atoms with Crippen molar-refractivity contribution in [3.63, 3.8) is 0 Å². The minimum absolute atomic E-state index is 0.0871. The highest BCUT2D eigenvalue weighted by Crippen LogP contribution is 2.06. The number of unbranched alkanes of at least 4 members (excludes halogenated alkanes) is 8. The van der Waals surface area contributed by atoms with Crippen LogP contribution in [0, 0.1) is 0 Å². The molecule has 4 heteroatoms. The predicted octanol–water partition coefficient (Wildman–Crippen LogP) is 3.71. The monoisotopic (exact) mass is 327 g/mol. The molecule has 136 valence electrons. The first-order valence-corrected chi connectivity index (χ1v) is 9.40. The Morgan fingerprint density at radius 2 is 1.61 bits per heavy atom. The van der Waals surface area contributed by atoms with Crippen molar-refractivity contribution in [3.05, 3.63) is 12.2 Å². The maximum absolute atomic E-state index is 11.8. The summed E-state index contributed by atoms with van der Waals surface area (Å²) in [6.07, 6.45) is 14.5. The van der Waals surface area contributed by atoms with Gasteiger partial charge >= 0.3 is 0 Å². The molecule has 0 radical (unpaired) electrons. The summed E-state index contributed by atoms with van der Waals surface area (Å²) in [6, 6.07) is -0.606. The number of rotatable bonds is 15. The van der Waals surface area contributed by atoms with Gasteiger partial charge in [-0.3, -0.25) is 4.79 Å². The van der Waals surface area contributed by atoms with E-state index in [2.05, 4.69) is 19.2 Å². The number of carbonyl (C=O) groups is 1. The average Bonchev–Trinajstić information content (AvgIpc) is 2.55. The van der Waals surface area contributed by atoms with Crippen LogP contribution in [0.15, 0.2) is 12.2 Å². The lowest BCUT2D eigenvalue weighted by Gasteiger charge is -2.19. The molecule has 0 rings (SSSR count). The maximum atomic E-state index is 11.8. The molecular formula is C19H37NO3. The van der Waals surface area contributed by atoms with Crippen LogP contribution in [0.1, 0.15) is 84.5 Å². The third-order valence-corrected chi connectivity index (χ3v) is 4.02. The Morgan fingerprint density at radius 3 is 2.22 bits per heavy atom. The Morgan fingerprint density at radius 1 is 1.00 bits per heavy atom. The van der Waals surface area contributed by atoms with Gasteiger partial charge in [-0.15, -0.1) is 0 Å². The number of aliphatic hydroxyl groups is 2. The van der Waals surface area contributed by atoms with Crippen molar-refractivity contribution in [2.24, 2.45) is 0 Å². The van der Waals surface area contributed by atoms with Gasteiger partial charge in [0.25, 0.3) is 0 Å². The molecule has 0 aromatic rings. The minimum Gasteiger partial charge on any atom is -0.394 e. The van der Waals surface area contributed by atoms with E-state index in [1.807, 2.05) is 6.08 Å². The van der Waals surface area contributed by atoms with Gasteiger partial charge in [-0.1, -0.05) is 70.9 Å². The van der Waals surface area contributed by atoms with Crippen LogP contribution in [-0.2, 0) is 4.79 Å². The zero-order valence-electron chi connectivity index (χ0n) is 15.1. The standard InChI is InChI=1S/C19H37NO3/c1-3-5-7-9-11-12-14-18(22)17(16-21)20-19(23)15-13-10-8-6-4-2/h12,14,17-18,21-22H,3-11,13,15-16H2,1-2H3,(H,20,23)/b14-12+. The van der Waals surface area contributed by atoms with Gasteiger partial charge in [0.05, 0.1) is 18.8 Å². The number of amides is 1. The van der Waals surface area contributed by atoms with Gasteiger partial charge in [-0.2, -0.15) is 0 Å². The van der Waals surface area contributed by atoms with Gasteiger partial charge < -0.3 is 15.5 Å². The van der Waals surface area contributed by atoms with E-state index in [4.69, 9.17) is 0 Å². The molecule has 0 bridgehead atoms. The highest BCUT2D eigenvalue weighted by atomic mass is 16.3. The van der Waals surface area contributed by atoms with Gasteiger partial charge in [0.1, 0.15) is 0 Å². The summed E-state index contributed by atoms with van der Waals surface area (Å²) in [6.45, 7) is 4.10. The molecule has 0 aliphatic carbocycles. The molecule has 4 nitrogen and oxygen atoms in total. The number of hydrogen-bond donors (Lipinski definition) is 3. The molecule has 3 N–H and O–H groups in total. The molecule has 0 aliphatic rings. The number of carbonyl (C=O) groups excluding carboxylic acids is 1. The molecule has 0 heterocycles. The van der Waals surface area contributed by atoms with Crippen molar-refractivity contribution < 1.29 is 15.0 Å². The number of hydrogen-bond acceptors (Lipinski definition) is 3. The summed E-state index contributed by atoms with van der Waals surface area (Å²) < 4.78 is 0. The Hall–Kier alpha value is -0.870. The second-order valence-electron chi connectivity index (χ2n) is 6.29. The summed E-state index contributed by atoms with van der Waals surface area (Å²) in [5.41, 5.74) is 0. The first kappa shape index (κ1) is 22.1. The number of nitrogens with one attached hydrogen (secondary N) is 1. The van der Waals surface area contributed by atoms with Crippen molar-refractivity contribution in [1.29, 1.82) is 0 Å². The highest BCUT2D eigenvalue weighted by Gasteiger charge is 2.17. The van der Waals surface area contributed by atoms with Crippen LogP contribution in [0.25, 0.3) is 0 Å². The first-order valence-electron chi connectivity index (χ1n) is 9.40. The van der Waals surface area contributed by atoms with Gasteiger partial charge in [-0.05, 0) is 19.3 Å². The Kier molecular flexibility index (Phi) is 15.4. The predicted molar refractivity (Wildman–Crippen MR) is 96.3 cm³/mol. The first-order chi connectivity index (χ1) is 11.2. The normalized spacial score (nSPS) is 14.1. The van der Waals surface area contributed by atoms with Crippen LogP contribution in [0.3, 0.4) is 0 Å². The fraction of sp³-hybridized carbons (Fsp3) is 0.842. The highest BCUT2D eigenvalue weighted by molar-refractivity contribution is 5.76. The zero-order valence-corrected chi connectivity index (χ0v) is 15.1. The van der Waals surface area contributed by atoms with Gasteiger partial charge in [0, 0.05) is 6.42 Å². The molecule has 2 unspecified atom stereocenters. The Bertz CT molecular complexity index is 305. The van der Waals surface area contributed by atoms with Crippen LogP contribution < -0.4 is 5.32 Å². The Balaban J connectivity index is 3.92. The fourth-order valence-electron chi connectivity index (χ4n) is 2.47. The minimum atomic E-state index is -0.824. The zero-order chi connectivity index (χ0) is 17.3. The summed E-state index contributed by atoms with van der Waals surface area (Å²) in [7, 11) is 0. The van der Waals surface area contributed by atoms with Crippen molar-refractivity contribution in [1.82, 2.24) is 5.32 Å². The smallest absolute Gasteiger partial charge is 0.220 e. The third-order valence-electron chi connectivity index (χ3n) is 4.02. The molecule has 0 fully saturated rings. The largest absolute Gasteiger partial charge is 0.394 e. The van der Waals surface area contributed by atoms with Crippen molar-refractivity contribution >= 4 is 5.91 Å². The summed E-state index contributed by atoms with van der Waals surface area (Å²) >= 11 is 0. The molecule has 23 heavy (non-hydrogen) atoms. The fourth-order valence-corrected chi connectivity index (χ4v) is 2.47. The van der Waals surface area contributed by atoms with Gasteiger partial charge in [0.15, 0.2) is 0 Å². The maximum Gasteiger partial charge on any atom is 0.220 e. The molecular weight excluding hydrogens is 290 g/mol. The van der Waals surface area contributed by atoms with E-state index < -0.39 is 12.1 Å². The summed E-state index contributed by atoms with van der Waals surface area (Å²) in [5.74, 6) is -0.0871. The summed E-state index contributed by atoms with van der Waals surface area (Å²) in [5, 5.41) is 22.1. The van der Waals surface area contributed by atoms with E-state index >= 15 is 0 Å². The van der Waals surface area contributed by atoms with Crippen LogP contribution in [0.5, 0.6) is 0 Å². The molecule has 0 saturated carbocycles. The van der Waals surface area contributed by atoms with Gasteiger partial charge in [0.2, 0.25) is 5.91 Å². The second kappa shape index (κ2) is 16.0. The molecule has 0 aliphatic heterocycles. The van der Waals surface area contributed by atoms with Crippen LogP contribution in [0.4, 0.5) is 0 Å². The quantitative estimate of drug-likeness (QED) is 0.317. The second-order valence-corrected chi connectivity index (χ2v) is 6.29. The van der Waals surface area contributed by atoms with Crippen molar-refractivity contribution in [2.45, 2.75) is 96.6 Å². The average molecular weight is 328 g/mol. The van der Waals surface area contributed by atoms with Crippen molar-refractivity contribution in [2.75, 3.05) is 6.61 Å². The molecule has 0 aromatic heterocycles. The Labute approximate surface area is 142 Å². The molecule has 0 aromatic carbocycles. The lowest BCUT2D eigenvalue weighted by atomic mass is 10.1. The van der Waals surface area contributed by atoms with E-state index in [0.29, 0.717) is 6.42 Å². The lowest BCUT2D eigenvalue weighted by molar-refractivity contribution is -0.123. The van der Waals surface area contributed by atoms with Gasteiger partial charge in [-0.25, -0.2) is 0 Å². The van der Waals surface area contributed by atoms with Crippen LogP contribution in [0.2, 0.25) is 0 Å². The third kappa shape index (κ3) is 13.3. The van der Waals surface area contributed by atoms with E-state index in [1.54, 1.807) is 6.08 Å². The number of aliphatic hydroxyl groups excluding tert-OH is 2. The van der Waals surface area contributed by atoms with E-state index in [9.17, 15) is 15.0 Å². The number of allylic oxidation sites excluding steroid dienone is 1. The van der Waals surface area contributed by atoms with Crippen LogP contribution in [-0.4, -0.2) is 34.9 Å². The molecule has 1 amide bonds. The lowest BCUT2D eigenvalue weighted by Crippen LogP contribution is -2.45. The van der Waals surface area contributed by atoms with E-state index in [0.717, 1.165) is 32.1 Å². The topological polar surface area (TPSA) is 69.6 Å². The van der Waals surface area contributed by atoms with E-state index in [1.165, 1.54) is 32.1 Å². The molecule has 2 atom stereocenters. The van der Waals surface area contributed by atoms with Crippen molar-refractivity contribution in [3.8, 4) is 0 Å². The van der Waals surface area contributed by atoms with Crippen LogP contribution >= 0.6 is 0 Å². The molecule has 0 saturated heterocycles. The molecule has 0 spiro atoms. The summed E-state index contributed by atoms with van der Waals surface area (Å²) in [4.78, 5) is 11.8. The van der Waals surface area contributed by atoms with E-state index in [-0.39, 0.29) is 12.5 Å².